The fourth-order valence-electron chi connectivity index (χ4n) is 0.136. The molecule has 0 rings (SSSR count). The minimum Gasteiger partial charge on any atom is -0.545 e. The predicted molar refractivity (Wildman–Crippen MR) is 28.9 cm³/mol. The van der Waals surface area contributed by atoms with E-state index in [0.29, 0.717) is 0 Å². The van der Waals surface area contributed by atoms with Crippen LogP contribution in [0.1, 0.15) is 6.92 Å². The molecule has 0 spiro atoms. The van der Waals surface area contributed by atoms with Crippen molar-refractivity contribution in [1.29, 1.82) is 0 Å². The molecule has 0 heterocycles. The average molecular weight is 160 g/mol. The zero-order valence-corrected chi connectivity index (χ0v) is 6.18. The van der Waals surface area contributed by atoms with Crippen molar-refractivity contribution in [3.8, 4) is 0 Å². The van der Waals surface area contributed by atoms with Crippen molar-refractivity contribution in [1.82, 2.24) is 0 Å². The van der Waals surface area contributed by atoms with Gasteiger partial charge in [-0.15, -0.1) is 0 Å². The van der Waals surface area contributed by atoms with Gasteiger partial charge in [-0.2, -0.15) is 0 Å². The number of rotatable bonds is 1. The first-order valence-corrected chi connectivity index (χ1v) is 2.26. The minimum atomic E-state index is -3.67. The van der Waals surface area contributed by atoms with Gasteiger partial charge < -0.3 is 9.90 Å². The molecule has 0 fully saturated rings. The molecule has 0 unspecified atom stereocenters. The normalized spacial score (nSPS) is 7.64. The Hall–Kier alpha value is -0.338. The molecule has 0 radical (unpaired) electrons. The van der Waals surface area contributed by atoms with E-state index in [0.717, 1.165) is 6.08 Å². The molecular weight excluding hydrogens is 155 g/mol. The number of allylic oxidation sites excluding steroid dienone is 1. The number of carboxylic acid groups (broad SMARTS) is 1. The van der Waals surface area contributed by atoms with Gasteiger partial charge in [-0.25, -0.2) is 0 Å². The van der Waals surface area contributed by atoms with E-state index in [9.17, 15) is 22.8 Å². The molecule has 0 aromatic carbocycles. The summed E-state index contributed by atoms with van der Waals surface area (Å²) in [6.45, 7) is 1.62. The first-order chi connectivity index (χ1) is 4.50. The number of carbonyl (C=O) groups excluding carboxylic acids is 1. The minimum absolute atomic E-state index is 0. The maximum absolute atomic E-state index is 9.67. The molecule has 0 atom stereocenters. The van der Waals surface area contributed by atoms with E-state index in [1.807, 2.05) is 0 Å². The monoisotopic (exact) mass is 160 g/mol. The van der Waals surface area contributed by atoms with Gasteiger partial charge in [-0.3, -0.25) is 12.9 Å². The van der Waals surface area contributed by atoms with Gasteiger partial charge >= 0.3 is 26.4 Å². The van der Waals surface area contributed by atoms with E-state index < -0.39 is 13.5 Å². The first-order valence-electron chi connectivity index (χ1n) is 2.26. The van der Waals surface area contributed by atoms with Gasteiger partial charge in [0.25, 0.3) is 0 Å². The summed E-state index contributed by atoms with van der Waals surface area (Å²) in [6.07, 6.45) is 2.38. The van der Waals surface area contributed by atoms with Crippen molar-refractivity contribution in [2.24, 2.45) is 0 Å². The third-order valence-electron chi connectivity index (χ3n) is 0.303. The van der Waals surface area contributed by atoms with Crippen molar-refractivity contribution >= 4 is 13.5 Å². The summed E-state index contributed by atoms with van der Waals surface area (Å²) in [7, 11) is -3.67. The molecule has 11 heavy (non-hydrogen) atoms. The van der Waals surface area contributed by atoms with Gasteiger partial charge in [0.1, 0.15) is 0 Å². The Morgan fingerprint density at radius 3 is 1.73 bits per heavy atom. The van der Waals surface area contributed by atoms with Crippen LogP contribution in [0.2, 0.25) is 0 Å². The standard InChI is InChI=1S/C4H6O2.BF3.Li/c1-2-3-4(5)6;2-1(3)4;/h2-3H,1H3,(H,5,6);;/q;;+1/p-1/b3-2+;;. The van der Waals surface area contributed by atoms with E-state index in [1.165, 1.54) is 6.08 Å². The molecule has 0 aromatic heterocycles. The van der Waals surface area contributed by atoms with Crippen molar-refractivity contribution in [2.45, 2.75) is 6.92 Å². The molecule has 0 N–H and O–H groups in total. The Balaban J connectivity index is -0.000000114. The van der Waals surface area contributed by atoms with Crippen LogP contribution in [0.5, 0.6) is 0 Å². The molecule has 58 valence electrons. The Morgan fingerprint density at radius 1 is 1.45 bits per heavy atom. The molecule has 0 bridgehead atoms. The zero-order chi connectivity index (χ0) is 8.57. The Labute approximate surface area is 74.9 Å². The third kappa shape index (κ3) is 80.0. The Bertz CT molecular complexity index is 117. The number of hydrogen-bond donors (Lipinski definition) is 0. The quantitative estimate of drug-likeness (QED) is 0.307. The van der Waals surface area contributed by atoms with Crippen LogP contribution in [0.25, 0.3) is 0 Å². The number of hydrogen-bond acceptors (Lipinski definition) is 2. The summed E-state index contributed by atoms with van der Waals surface area (Å²) >= 11 is 0. The summed E-state index contributed by atoms with van der Waals surface area (Å²) in [5, 5.41) is 9.40. The molecule has 0 saturated carbocycles. The average Bonchev–Trinajstić information content (AvgIpc) is 1.62. The van der Waals surface area contributed by atoms with Crippen LogP contribution in [0.4, 0.5) is 12.9 Å². The largest absolute Gasteiger partial charge is 1.00 e. The number of aliphatic carboxylic acids is 1. The maximum atomic E-state index is 9.67. The van der Waals surface area contributed by atoms with E-state index in [-0.39, 0.29) is 18.9 Å². The third-order valence-corrected chi connectivity index (χ3v) is 0.303. The van der Waals surface area contributed by atoms with Gasteiger partial charge in [0, 0.05) is 0 Å². The summed E-state index contributed by atoms with van der Waals surface area (Å²) in [5.74, 6) is -1.14. The van der Waals surface area contributed by atoms with Crippen LogP contribution in [0, 0.1) is 0 Å². The topological polar surface area (TPSA) is 40.1 Å². The summed E-state index contributed by atoms with van der Waals surface area (Å²) in [6, 6.07) is 0. The van der Waals surface area contributed by atoms with Gasteiger partial charge in [0.15, 0.2) is 0 Å². The molecule has 0 saturated heterocycles. The van der Waals surface area contributed by atoms with Crippen LogP contribution >= 0.6 is 0 Å². The molecule has 7 heteroatoms. The van der Waals surface area contributed by atoms with E-state index in [2.05, 4.69) is 0 Å². The SMILES string of the molecule is C/C=C/C(=O)[O-].FB(F)F.[Li+]. The van der Waals surface area contributed by atoms with Gasteiger partial charge in [-0.1, -0.05) is 6.08 Å². The van der Waals surface area contributed by atoms with Crippen molar-refractivity contribution in [3.05, 3.63) is 12.2 Å². The molecule has 0 amide bonds. The fraction of sp³-hybridized carbons (Fsp3) is 0.250. The number of halogens is 3. The van der Waals surface area contributed by atoms with Crippen molar-refractivity contribution in [2.75, 3.05) is 0 Å². The molecular formula is C4H5BF3LiO2. The summed E-state index contributed by atoms with van der Waals surface area (Å²) < 4.78 is 29.0. The summed E-state index contributed by atoms with van der Waals surface area (Å²) in [4.78, 5) is 9.40. The molecule has 0 aliphatic rings. The van der Waals surface area contributed by atoms with Gasteiger partial charge in [0.05, 0.1) is 5.97 Å². The maximum Gasteiger partial charge on any atom is 1.00 e. The molecule has 0 aliphatic carbocycles. The fourth-order valence-corrected chi connectivity index (χ4v) is 0.136. The van der Waals surface area contributed by atoms with Crippen LogP contribution < -0.4 is 24.0 Å². The second-order valence-electron chi connectivity index (χ2n) is 1.07. The number of carboxylic acids is 1. The van der Waals surface area contributed by atoms with Crippen LogP contribution in [-0.4, -0.2) is 13.5 Å². The van der Waals surface area contributed by atoms with E-state index in [4.69, 9.17) is 0 Å². The van der Waals surface area contributed by atoms with Crippen LogP contribution in [0.3, 0.4) is 0 Å². The van der Waals surface area contributed by atoms with E-state index in [1.54, 1.807) is 6.92 Å². The van der Waals surface area contributed by atoms with E-state index >= 15 is 0 Å². The Kier molecular flexibility index (Phi) is 19.0. The van der Waals surface area contributed by atoms with Crippen molar-refractivity contribution < 1.29 is 41.7 Å². The Morgan fingerprint density at radius 2 is 1.73 bits per heavy atom. The summed E-state index contributed by atoms with van der Waals surface area (Å²) in [5.41, 5.74) is 0. The smallest absolute Gasteiger partial charge is 0.545 e. The van der Waals surface area contributed by atoms with Crippen molar-refractivity contribution in [3.63, 3.8) is 0 Å². The first kappa shape index (κ1) is 17.0. The van der Waals surface area contributed by atoms with Gasteiger partial charge in [0.2, 0.25) is 0 Å². The predicted octanol–water partition coefficient (Wildman–Crippen LogP) is -2.80. The molecule has 2 nitrogen and oxygen atoms in total. The van der Waals surface area contributed by atoms with Gasteiger partial charge in [-0.05, 0) is 13.0 Å². The second kappa shape index (κ2) is 12.3. The second-order valence-corrected chi connectivity index (χ2v) is 1.07. The molecule has 0 aliphatic heterocycles. The zero-order valence-electron chi connectivity index (χ0n) is 6.18. The van der Waals surface area contributed by atoms with Crippen LogP contribution in [-0.2, 0) is 4.79 Å². The molecule has 0 aromatic rings. The van der Waals surface area contributed by atoms with Crippen LogP contribution in [0.15, 0.2) is 12.2 Å². The number of carbonyl (C=O) groups is 1.